The SMILES string of the molecule is CN=C(NCCCc1nnc2ccccn12)N1CCN(Cc2ccccc2)CC1. The summed E-state index contributed by atoms with van der Waals surface area (Å²) in [7, 11) is 1.87. The summed E-state index contributed by atoms with van der Waals surface area (Å²) in [5.74, 6) is 2.00. The van der Waals surface area contributed by atoms with E-state index in [-0.39, 0.29) is 0 Å². The lowest BCUT2D eigenvalue weighted by molar-refractivity contribution is 0.172. The van der Waals surface area contributed by atoms with Crippen molar-refractivity contribution < 1.29 is 0 Å². The van der Waals surface area contributed by atoms with E-state index in [2.05, 4.69) is 65.0 Å². The zero-order valence-electron chi connectivity index (χ0n) is 17.0. The number of nitrogens with zero attached hydrogens (tertiary/aromatic N) is 6. The molecule has 0 bridgehead atoms. The first-order chi connectivity index (χ1) is 14.3. The first-order valence-corrected chi connectivity index (χ1v) is 10.3. The lowest BCUT2D eigenvalue weighted by atomic mass is 10.2. The van der Waals surface area contributed by atoms with E-state index < -0.39 is 0 Å². The predicted molar refractivity (Wildman–Crippen MR) is 116 cm³/mol. The summed E-state index contributed by atoms with van der Waals surface area (Å²) in [4.78, 5) is 9.35. The number of nitrogens with one attached hydrogen (secondary N) is 1. The Bertz CT molecular complexity index is 926. The van der Waals surface area contributed by atoms with Crippen molar-refractivity contribution in [2.75, 3.05) is 39.8 Å². The van der Waals surface area contributed by atoms with Crippen LogP contribution in [-0.4, -0.2) is 70.1 Å². The van der Waals surface area contributed by atoms with Crippen molar-refractivity contribution in [1.29, 1.82) is 0 Å². The largest absolute Gasteiger partial charge is 0.356 e. The Balaban J connectivity index is 1.21. The van der Waals surface area contributed by atoms with Gasteiger partial charge in [0.1, 0.15) is 5.82 Å². The molecule has 7 nitrogen and oxygen atoms in total. The van der Waals surface area contributed by atoms with Crippen LogP contribution < -0.4 is 5.32 Å². The summed E-state index contributed by atoms with van der Waals surface area (Å²) in [6.07, 6.45) is 3.90. The molecule has 0 amide bonds. The van der Waals surface area contributed by atoms with Crippen LogP contribution in [0.1, 0.15) is 17.8 Å². The Hall–Kier alpha value is -2.93. The van der Waals surface area contributed by atoms with Crippen LogP contribution in [0.3, 0.4) is 0 Å². The summed E-state index contributed by atoms with van der Waals surface area (Å²) >= 11 is 0. The second kappa shape index (κ2) is 9.52. The molecule has 2 aromatic heterocycles. The Morgan fingerprint density at radius 2 is 1.79 bits per heavy atom. The number of benzene rings is 1. The second-order valence-electron chi connectivity index (χ2n) is 7.37. The minimum atomic E-state index is 0.874. The number of hydrogen-bond donors (Lipinski definition) is 1. The Morgan fingerprint density at radius 3 is 2.59 bits per heavy atom. The molecule has 1 fully saturated rings. The van der Waals surface area contributed by atoms with E-state index >= 15 is 0 Å². The normalized spacial score (nSPS) is 15.8. The van der Waals surface area contributed by atoms with Crippen molar-refractivity contribution in [2.24, 2.45) is 4.99 Å². The Morgan fingerprint density at radius 1 is 1.00 bits per heavy atom. The lowest BCUT2D eigenvalue weighted by Gasteiger charge is -2.36. The summed E-state index contributed by atoms with van der Waals surface area (Å²) in [5.41, 5.74) is 2.28. The van der Waals surface area contributed by atoms with Crippen molar-refractivity contribution in [2.45, 2.75) is 19.4 Å². The highest BCUT2D eigenvalue weighted by atomic mass is 15.3. The van der Waals surface area contributed by atoms with Crippen molar-refractivity contribution >= 4 is 11.6 Å². The van der Waals surface area contributed by atoms with E-state index in [0.717, 1.165) is 69.5 Å². The highest BCUT2D eigenvalue weighted by Crippen LogP contribution is 2.09. The van der Waals surface area contributed by atoms with Gasteiger partial charge < -0.3 is 10.2 Å². The molecule has 0 unspecified atom stereocenters. The van der Waals surface area contributed by atoms with E-state index in [4.69, 9.17) is 0 Å². The van der Waals surface area contributed by atoms with Crippen LogP contribution in [0.5, 0.6) is 0 Å². The summed E-state index contributed by atoms with van der Waals surface area (Å²) in [6, 6.07) is 16.7. The zero-order chi connectivity index (χ0) is 19.9. The molecular formula is C22H29N7. The molecule has 7 heteroatoms. The van der Waals surface area contributed by atoms with Gasteiger partial charge in [-0.05, 0) is 24.1 Å². The molecule has 0 atom stereocenters. The monoisotopic (exact) mass is 391 g/mol. The number of aromatic nitrogens is 3. The number of pyridine rings is 1. The van der Waals surface area contributed by atoms with Gasteiger partial charge in [-0.25, -0.2) is 0 Å². The third-order valence-electron chi connectivity index (χ3n) is 5.38. The van der Waals surface area contributed by atoms with Crippen LogP contribution in [-0.2, 0) is 13.0 Å². The molecule has 0 aliphatic carbocycles. The fourth-order valence-electron chi connectivity index (χ4n) is 3.80. The van der Waals surface area contributed by atoms with E-state index in [0.29, 0.717) is 0 Å². The quantitative estimate of drug-likeness (QED) is 0.396. The average molecular weight is 392 g/mol. The van der Waals surface area contributed by atoms with Gasteiger partial charge in [-0.1, -0.05) is 36.4 Å². The summed E-state index contributed by atoms with van der Waals surface area (Å²) < 4.78 is 2.06. The Labute approximate surface area is 172 Å². The third-order valence-corrected chi connectivity index (χ3v) is 5.38. The fraction of sp³-hybridized carbons (Fsp3) is 0.409. The first-order valence-electron chi connectivity index (χ1n) is 10.3. The second-order valence-corrected chi connectivity index (χ2v) is 7.37. The topological polar surface area (TPSA) is 61.1 Å². The third kappa shape index (κ3) is 4.92. The molecule has 0 radical (unpaired) electrons. The number of guanidine groups is 1. The van der Waals surface area contributed by atoms with E-state index in [1.165, 1.54) is 5.56 Å². The minimum absolute atomic E-state index is 0.874. The van der Waals surface area contributed by atoms with Crippen molar-refractivity contribution in [3.63, 3.8) is 0 Å². The maximum Gasteiger partial charge on any atom is 0.193 e. The molecule has 152 valence electrons. The van der Waals surface area contributed by atoms with Gasteiger partial charge in [0.2, 0.25) is 0 Å². The molecule has 3 heterocycles. The Kier molecular flexibility index (Phi) is 6.36. The van der Waals surface area contributed by atoms with Crippen LogP contribution in [0.4, 0.5) is 0 Å². The molecule has 1 aliphatic rings. The molecule has 1 N–H and O–H groups in total. The molecule has 0 saturated carbocycles. The average Bonchev–Trinajstić information content (AvgIpc) is 3.18. The van der Waals surface area contributed by atoms with Gasteiger partial charge in [-0.15, -0.1) is 10.2 Å². The lowest BCUT2D eigenvalue weighted by Crippen LogP contribution is -2.52. The van der Waals surface area contributed by atoms with Gasteiger partial charge in [-0.2, -0.15) is 0 Å². The van der Waals surface area contributed by atoms with Gasteiger partial charge in [0.15, 0.2) is 11.6 Å². The zero-order valence-corrected chi connectivity index (χ0v) is 17.0. The molecule has 1 aromatic carbocycles. The van der Waals surface area contributed by atoms with Crippen LogP contribution in [0.15, 0.2) is 59.7 Å². The van der Waals surface area contributed by atoms with Crippen molar-refractivity contribution in [1.82, 2.24) is 29.7 Å². The maximum absolute atomic E-state index is 4.49. The molecule has 3 aromatic rings. The molecule has 4 rings (SSSR count). The predicted octanol–water partition coefficient (Wildman–Crippen LogP) is 2.06. The van der Waals surface area contributed by atoms with Crippen LogP contribution >= 0.6 is 0 Å². The van der Waals surface area contributed by atoms with Crippen LogP contribution in [0, 0.1) is 0 Å². The number of aliphatic imine (C=N–C) groups is 1. The smallest absolute Gasteiger partial charge is 0.193 e. The minimum Gasteiger partial charge on any atom is -0.356 e. The summed E-state index contributed by atoms with van der Waals surface area (Å²) in [5, 5.41) is 12.0. The number of hydrogen-bond acceptors (Lipinski definition) is 4. The number of rotatable bonds is 6. The maximum atomic E-state index is 4.49. The van der Waals surface area contributed by atoms with Gasteiger partial charge in [0.05, 0.1) is 0 Å². The van der Waals surface area contributed by atoms with Crippen LogP contribution in [0.25, 0.3) is 5.65 Å². The van der Waals surface area contributed by atoms with Gasteiger partial charge >= 0.3 is 0 Å². The van der Waals surface area contributed by atoms with Crippen molar-refractivity contribution in [3.8, 4) is 0 Å². The van der Waals surface area contributed by atoms with E-state index in [9.17, 15) is 0 Å². The fourth-order valence-corrected chi connectivity index (χ4v) is 3.80. The summed E-state index contributed by atoms with van der Waals surface area (Å²) in [6.45, 7) is 6.01. The number of piperazine rings is 1. The standard InChI is InChI=1S/C22H29N7/c1-23-22(24-12-7-11-21-26-25-20-10-5-6-13-29(20)21)28-16-14-27(15-17-28)18-19-8-3-2-4-9-19/h2-6,8-10,13H,7,11-12,14-18H2,1H3,(H,23,24). The van der Waals surface area contributed by atoms with E-state index in [1.807, 2.05) is 31.4 Å². The van der Waals surface area contributed by atoms with Gasteiger partial charge in [-0.3, -0.25) is 14.3 Å². The molecule has 1 aliphatic heterocycles. The molecule has 1 saturated heterocycles. The molecule has 0 spiro atoms. The highest BCUT2D eigenvalue weighted by Gasteiger charge is 2.19. The molecular weight excluding hydrogens is 362 g/mol. The van der Waals surface area contributed by atoms with Gasteiger partial charge in [0.25, 0.3) is 0 Å². The number of aryl methyl sites for hydroxylation is 1. The highest BCUT2D eigenvalue weighted by molar-refractivity contribution is 5.79. The van der Waals surface area contributed by atoms with E-state index in [1.54, 1.807) is 0 Å². The van der Waals surface area contributed by atoms with Gasteiger partial charge in [0, 0.05) is 58.9 Å². The van der Waals surface area contributed by atoms with Crippen LogP contribution in [0.2, 0.25) is 0 Å². The van der Waals surface area contributed by atoms with Crippen molar-refractivity contribution in [3.05, 3.63) is 66.1 Å². The molecule has 29 heavy (non-hydrogen) atoms. The first kappa shape index (κ1) is 19.4. The number of fused-ring (bicyclic) bond motifs is 1.